The summed E-state index contributed by atoms with van der Waals surface area (Å²) in [5.41, 5.74) is 4.12. The van der Waals surface area contributed by atoms with Gasteiger partial charge in [-0.2, -0.15) is 0 Å². The van der Waals surface area contributed by atoms with Gasteiger partial charge in [0.25, 0.3) is 0 Å². The molecule has 2 heteroatoms. The van der Waals surface area contributed by atoms with Crippen molar-refractivity contribution in [3.63, 3.8) is 0 Å². The smallest absolute Gasteiger partial charge is 0.0619 e. The number of aryl methyl sites for hydroxylation is 1. The Bertz CT molecular complexity index is 579. The van der Waals surface area contributed by atoms with Crippen molar-refractivity contribution in [2.24, 2.45) is 5.92 Å². The van der Waals surface area contributed by atoms with Crippen LogP contribution in [0.2, 0.25) is 0 Å². The molecule has 2 aromatic carbocycles. The topological polar surface area (TPSA) is 0 Å². The summed E-state index contributed by atoms with van der Waals surface area (Å²) in [6.45, 7) is 0. The van der Waals surface area contributed by atoms with Crippen molar-refractivity contribution in [3.8, 4) is 0 Å². The van der Waals surface area contributed by atoms with E-state index in [1.807, 2.05) is 0 Å². The van der Waals surface area contributed by atoms with Crippen LogP contribution in [-0.2, 0) is 12.8 Å². The minimum atomic E-state index is 0.143. The summed E-state index contributed by atoms with van der Waals surface area (Å²) < 4.78 is 1.15. The number of benzene rings is 2. The molecule has 0 nitrogen and oxygen atoms in total. The second kappa shape index (κ2) is 5.68. The fraction of sp³-hybridized carbons (Fsp3) is 0.294. The molecule has 0 heterocycles. The molecule has 2 aromatic rings. The molecule has 0 spiro atoms. The van der Waals surface area contributed by atoms with Crippen LogP contribution in [0, 0.1) is 5.92 Å². The van der Waals surface area contributed by atoms with Gasteiger partial charge < -0.3 is 0 Å². The van der Waals surface area contributed by atoms with E-state index in [9.17, 15) is 0 Å². The summed E-state index contributed by atoms with van der Waals surface area (Å²) in [5.74, 6) is 0.533. The molecular weight excluding hydrogens is 320 g/mol. The Labute approximate surface area is 127 Å². The van der Waals surface area contributed by atoms with Gasteiger partial charge in [-0.3, -0.25) is 0 Å². The van der Waals surface area contributed by atoms with Crippen LogP contribution in [0.25, 0.3) is 0 Å². The Kier molecular flexibility index (Phi) is 3.95. The fourth-order valence-corrected chi connectivity index (χ4v) is 3.82. The second-order valence-corrected chi connectivity index (χ2v) is 6.62. The van der Waals surface area contributed by atoms with Crippen molar-refractivity contribution in [3.05, 3.63) is 69.7 Å². The Balaban J connectivity index is 1.81. The van der Waals surface area contributed by atoms with Crippen molar-refractivity contribution in [2.75, 3.05) is 0 Å². The Morgan fingerprint density at radius 2 is 1.95 bits per heavy atom. The summed E-state index contributed by atoms with van der Waals surface area (Å²) in [6.07, 6.45) is 3.39. The molecule has 0 bridgehead atoms. The molecule has 3 rings (SSSR count). The minimum Gasteiger partial charge on any atom is -0.117 e. The lowest BCUT2D eigenvalue weighted by Gasteiger charge is -2.29. The molecule has 0 saturated carbocycles. The first-order chi connectivity index (χ1) is 9.24. The molecule has 0 fully saturated rings. The van der Waals surface area contributed by atoms with Gasteiger partial charge in [0.2, 0.25) is 0 Å². The maximum absolute atomic E-state index is 6.69. The summed E-state index contributed by atoms with van der Waals surface area (Å²) >= 11 is 10.2. The summed E-state index contributed by atoms with van der Waals surface area (Å²) in [5, 5.41) is 0.143. The van der Waals surface area contributed by atoms with Crippen LogP contribution >= 0.6 is 27.5 Å². The molecule has 2 atom stereocenters. The summed E-state index contributed by atoms with van der Waals surface area (Å²) in [6, 6.07) is 17.1. The van der Waals surface area contributed by atoms with E-state index in [2.05, 4.69) is 64.5 Å². The zero-order chi connectivity index (χ0) is 13.2. The maximum Gasteiger partial charge on any atom is 0.0619 e. The Morgan fingerprint density at radius 3 is 2.79 bits per heavy atom. The van der Waals surface area contributed by atoms with Crippen LogP contribution in [0.1, 0.15) is 28.5 Å². The molecular formula is C17H16BrCl. The minimum absolute atomic E-state index is 0.143. The van der Waals surface area contributed by atoms with Crippen LogP contribution < -0.4 is 0 Å². The number of fused-ring (bicyclic) bond motifs is 1. The third-order valence-electron chi connectivity index (χ3n) is 3.94. The van der Waals surface area contributed by atoms with E-state index < -0.39 is 0 Å². The van der Waals surface area contributed by atoms with E-state index in [0.29, 0.717) is 5.92 Å². The molecule has 19 heavy (non-hydrogen) atoms. The molecule has 0 N–H and O–H groups in total. The molecule has 1 aliphatic rings. The van der Waals surface area contributed by atoms with Crippen molar-refractivity contribution >= 4 is 27.5 Å². The third kappa shape index (κ3) is 2.88. The highest BCUT2D eigenvalue weighted by atomic mass is 79.9. The van der Waals surface area contributed by atoms with Crippen LogP contribution in [0.5, 0.6) is 0 Å². The van der Waals surface area contributed by atoms with Gasteiger partial charge in [0.05, 0.1) is 5.38 Å². The predicted octanol–water partition coefficient (Wildman–Crippen LogP) is 5.53. The number of halogens is 2. The number of alkyl halides is 1. The van der Waals surface area contributed by atoms with Crippen LogP contribution in [0.3, 0.4) is 0 Å². The molecule has 1 aliphatic carbocycles. The highest BCUT2D eigenvalue weighted by Crippen LogP contribution is 2.40. The zero-order valence-corrected chi connectivity index (χ0v) is 13.0. The average Bonchev–Trinajstić information content (AvgIpc) is 2.42. The van der Waals surface area contributed by atoms with Crippen LogP contribution in [0.15, 0.2) is 53.0 Å². The molecule has 0 saturated heterocycles. The van der Waals surface area contributed by atoms with E-state index in [0.717, 1.165) is 17.3 Å². The number of hydrogen-bond acceptors (Lipinski definition) is 0. The molecule has 2 unspecified atom stereocenters. The van der Waals surface area contributed by atoms with Crippen LogP contribution in [-0.4, -0.2) is 0 Å². The normalized spacial score (nSPS) is 22.0. The van der Waals surface area contributed by atoms with Crippen LogP contribution in [0.4, 0.5) is 0 Å². The monoisotopic (exact) mass is 334 g/mol. The number of hydrogen-bond donors (Lipinski definition) is 0. The van der Waals surface area contributed by atoms with Gasteiger partial charge in [-0.05, 0) is 54.0 Å². The van der Waals surface area contributed by atoms with Crippen molar-refractivity contribution in [2.45, 2.75) is 24.6 Å². The van der Waals surface area contributed by atoms with Gasteiger partial charge in [-0.1, -0.05) is 52.3 Å². The molecule has 0 amide bonds. The van der Waals surface area contributed by atoms with E-state index in [4.69, 9.17) is 11.6 Å². The van der Waals surface area contributed by atoms with Crippen molar-refractivity contribution < 1.29 is 0 Å². The number of rotatable bonds is 2. The van der Waals surface area contributed by atoms with Gasteiger partial charge in [0.15, 0.2) is 0 Å². The van der Waals surface area contributed by atoms with E-state index in [-0.39, 0.29) is 5.38 Å². The lowest BCUT2D eigenvalue weighted by Crippen LogP contribution is -2.19. The highest BCUT2D eigenvalue weighted by molar-refractivity contribution is 9.10. The first-order valence-electron chi connectivity index (χ1n) is 6.70. The van der Waals surface area contributed by atoms with E-state index in [1.165, 1.54) is 23.1 Å². The average molecular weight is 336 g/mol. The summed E-state index contributed by atoms with van der Waals surface area (Å²) in [4.78, 5) is 0. The lowest BCUT2D eigenvalue weighted by atomic mass is 9.80. The van der Waals surface area contributed by atoms with Gasteiger partial charge in [-0.25, -0.2) is 0 Å². The molecule has 0 aliphatic heterocycles. The Morgan fingerprint density at radius 1 is 1.11 bits per heavy atom. The second-order valence-electron chi connectivity index (χ2n) is 5.23. The van der Waals surface area contributed by atoms with Gasteiger partial charge in [-0.15, -0.1) is 11.6 Å². The predicted molar refractivity (Wildman–Crippen MR) is 84.7 cm³/mol. The highest BCUT2D eigenvalue weighted by Gasteiger charge is 2.27. The lowest BCUT2D eigenvalue weighted by molar-refractivity contribution is 0.442. The fourth-order valence-electron chi connectivity index (χ4n) is 2.94. The largest absolute Gasteiger partial charge is 0.117 e. The van der Waals surface area contributed by atoms with Gasteiger partial charge in [0, 0.05) is 4.47 Å². The van der Waals surface area contributed by atoms with Crippen molar-refractivity contribution in [1.29, 1.82) is 0 Å². The van der Waals surface area contributed by atoms with Gasteiger partial charge >= 0.3 is 0 Å². The van der Waals surface area contributed by atoms with Crippen molar-refractivity contribution in [1.82, 2.24) is 0 Å². The maximum atomic E-state index is 6.69. The summed E-state index contributed by atoms with van der Waals surface area (Å²) in [7, 11) is 0. The quantitative estimate of drug-likeness (QED) is 0.633. The SMILES string of the molecule is ClC1c2ccccc2CCC1Cc1cccc(Br)c1. The first-order valence-corrected chi connectivity index (χ1v) is 7.93. The molecule has 98 valence electrons. The van der Waals surface area contributed by atoms with E-state index in [1.54, 1.807) is 0 Å². The zero-order valence-electron chi connectivity index (χ0n) is 10.7. The first kappa shape index (κ1) is 13.2. The molecule has 0 radical (unpaired) electrons. The standard InChI is InChI=1S/C17H16BrCl/c18-15-6-3-4-12(11-15)10-14-9-8-13-5-1-2-7-16(13)17(14)19/h1-7,11,14,17H,8-10H2. The van der Waals surface area contributed by atoms with Gasteiger partial charge in [0.1, 0.15) is 0 Å². The van der Waals surface area contributed by atoms with E-state index >= 15 is 0 Å². The molecule has 0 aromatic heterocycles. The Hall–Kier alpha value is -0.790. The third-order valence-corrected chi connectivity index (χ3v) is 5.02.